The van der Waals surface area contributed by atoms with Crippen molar-refractivity contribution in [3.05, 3.63) is 48.2 Å². The molecule has 10 nitrogen and oxygen atoms in total. The fraction of sp³-hybridized carbons (Fsp3) is 0.263. The minimum Gasteiger partial charge on any atom is -0.495 e. The highest BCUT2D eigenvalue weighted by molar-refractivity contribution is 5.95. The van der Waals surface area contributed by atoms with Crippen LogP contribution in [0.15, 0.2) is 42.6 Å². The summed E-state index contributed by atoms with van der Waals surface area (Å²) in [5, 5.41) is 10.3. The molecule has 0 aliphatic heterocycles. The van der Waals surface area contributed by atoms with E-state index in [-0.39, 0.29) is 17.8 Å². The lowest BCUT2D eigenvalue weighted by molar-refractivity contribution is 0.0951. The molecule has 4 N–H and O–H groups in total. The van der Waals surface area contributed by atoms with E-state index in [1.54, 1.807) is 43.6 Å². The van der Waals surface area contributed by atoms with Crippen LogP contribution < -0.4 is 21.1 Å². The number of pyridine rings is 1. The summed E-state index contributed by atoms with van der Waals surface area (Å²) in [4.78, 5) is 22.8. The Morgan fingerprint density at radius 3 is 2.79 bits per heavy atom. The Balaban J connectivity index is 1.80. The molecule has 1 aromatic carbocycles. The normalized spacial score (nSPS) is 10.8. The lowest BCUT2D eigenvalue weighted by Crippen LogP contribution is -2.31. The van der Waals surface area contributed by atoms with Gasteiger partial charge in [-0.05, 0) is 44.4 Å². The molecule has 0 bridgehead atoms. The number of rotatable bonds is 8. The number of nitrogens with zero attached hydrogens (tertiary/aromatic N) is 5. The number of hydrogen-bond acceptors (Lipinski definition) is 8. The fourth-order valence-corrected chi connectivity index (χ4v) is 2.59. The predicted octanol–water partition coefficient (Wildman–Crippen LogP) is 1.29. The summed E-state index contributed by atoms with van der Waals surface area (Å²) in [5.41, 5.74) is 7.00. The van der Waals surface area contributed by atoms with Gasteiger partial charge in [-0.25, -0.2) is 4.98 Å². The number of benzene rings is 1. The number of carbonyl (C=O) groups is 1. The first-order valence-corrected chi connectivity index (χ1v) is 9.00. The topological polar surface area (TPSA) is 123 Å². The van der Waals surface area contributed by atoms with Gasteiger partial charge in [-0.15, -0.1) is 5.10 Å². The van der Waals surface area contributed by atoms with E-state index >= 15 is 0 Å². The van der Waals surface area contributed by atoms with Crippen LogP contribution in [-0.4, -0.2) is 64.9 Å². The Bertz CT molecular complexity index is 972. The van der Waals surface area contributed by atoms with Crippen molar-refractivity contribution in [2.24, 2.45) is 0 Å². The summed E-state index contributed by atoms with van der Waals surface area (Å²) in [6.07, 6.45) is 1.64. The van der Waals surface area contributed by atoms with E-state index in [1.165, 1.54) is 4.68 Å². The summed E-state index contributed by atoms with van der Waals surface area (Å²) in [6, 6.07) is 10.5. The van der Waals surface area contributed by atoms with Gasteiger partial charge in [0, 0.05) is 24.8 Å². The fourth-order valence-electron chi connectivity index (χ4n) is 2.59. The number of ether oxygens (including phenoxy) is 1. The maximum atomic E-state index is 12.4. The van der Waals surface area contributed by atoms with Crippen molar-refractivity contribution in [2.45, 2.75) is 0 Å². The molecule has 10 heteroatoms. The van der Waals surface area contributed by atoms with Gasteiger partial charge in [0.05, 0.1) is 12.8 Å². The van der Waals surface area contributed by atoms with Crippen LogP contribution in [0.25, 0.3) is 5.82 Å². The highest BCUT2D eigenvalue weighted by atomic mass is 16.5. The Hall–Kier alpha value is -3.66. The van der Waals surface area contributed by atoms with Crippen molar-refractivity contribution in [2.75, 3.05) is 45.3 Å². The summed E-state index contributed by atoms with van der Waals surface area (Å²) < 4.78 is 6.80. The van der Waals surface area contributed by atoms with Crippen molar-refractivity contribution in [3.63, 3.8) is 0 Å². The van der Waals surface area contributed by atoms with Crippen LogP contribution in [0.1, 0.15) is 10.4 Å². The summed E-state index contributed by atoms with van der Waals surface area (Å²) in [5.74, 6) is 1.36. The van der Waals surface area contributed by atoms with Gasteiger partial charge in [-0.3, -0.25) is 4.79 Å². The first-order chi connectivity index (χ1) is 14.0. The summed E-state index contributed by atoms with van der Waals surface area (Å²) in [7, 11) is 5.44. The lowest BCUT2D eigenvalue weighted by atomic mass is 10.1. The number of nitrogens with one attached hydrogen (secondary N) is 2. The van der Waals surface area contributed by atoms with E-state index < -0.39 is 0 Å². The molecule has 29 heavy (non-hydrogen) atoms. The van der Waals surface area contributed by atoms with Crippen LogP contribution in [0.3, 0.4) is 0 Å². The lowest BCUT2D eigenvalue weighted by Gasteiger charge is -2.13. The summed E-state index contributed by atoms with van der Waals surface area (Å²) >= 11 is 0. The van der Waals surface area contributed by atoms with E-state index in [0.717, 1.165) is 6.54 Å². The number of nitrogens with two attached hydrogens (primary N) is 1. The second-order valence-electron chi connectivity index (χ2n) is 6.49. The quantitative estimate of drug-likeness (QED) is 0.520. The van der Waals surface area contributed by atoms with Gasteiger partial charge in [-0.1, -0.05) is 6.07 Å². The molecular formula is C19H24N8O2. The van der Waals surface area contributed by atoms with Crippen LogP contribution in [-0.2, 0) is 0 Å². The SMILES string of the molecule is COc1ccc(C(=O)NCCN(C)C)cc1Nc1nc(N)n(-c2ccccn2)n1. The molecule has 2 aromatic heterocycles. The smallest absolute Gasteiger partial charge is 0.251 e. The van der Waals surface area contributed by atoms with Crippen molar-refractivity contribution in [1.82, 2.24) is 30.0 Å². The van der Waals surface area contributed by atoms with Gasteiger partial charge in [0.15, 0.2) is 5.82 Å². The number of anilines is 3. The second-order valence-corrected chi connectivity index (χ2v) is 6.49. The van der Waals surface area contributed by atoms with Gasteiger partial charge < -0.3 is 26.0 Å². The zero-order chi connectivity index (χ0) is 20.8. The number of methoxy groups -OCH3 is 1. The third-order valence-electron chi connectivity index (χ3n) is 4.05. The molecule has 0 aliphatic rings. The average Bonchev–Trinajstić information content (AvgIpc) is 3.08. The number of amides is 1. The number of carbonyl (C=O) groups excluding carboxylic acids is 1. The molecule has 0 fully saturated rings. The molecule has 3 rings (SSSR count). The highest BCUT2D eigenvalue weighted by Crippen LogP contribution is 2.28. The minimum absolute atomic E-state index is 0.177. The van der Waals surface area contributed by atoms with Gasteiger partial charge >= 0.3 is 0 Å². The molecule has 0 saturated heterocycles. The molecule has 0 spiro atoms. The van der Waals surface area contributed by atoms with Crippen molar-refractivity contribution >= 4 is 23.5 Å². The molecule has 0 aliphatic carbocycles. The number of nitrogen functional groups attached to an aromatic ring is 1. The van der Waals surface area contributed by atoms with Crippen molar-refractivity contribution in [1.29, 1.82) is 0 Å². The first kappa shape index (κ1) is 20.1. The third-order valence-corrected chi connectivity index (χ3v) is 4.05. The van der Waals surface area contributed by atoms with E-state index in [0.29, 0.717) is 29.4 Å². The largest absolute Gasteiger partial charge is 0.495 e. The van der Waals surface area contributed by atoms with Crippen LogP contribution in [0.2, 0.25) is 0 Å². The number of aromatic nitrogens is 4. The molecule has 0 saturated carbocycles. The van der Waals surface area contributed by atoms with Crippen LogP contribution in [0.4, 0.5) is 17.6 Å². The molecule has 0 radical (unpaired) electrons. The predicted molar refractivity (Wildman–Crippen MR) is 111 cm³/mol. The van der Waals surface area contributed by atoms with Crippen LogP contribution in [0, 0.1) is 0 Å². The van der Waals surface area contributed by atoms with E-state index in [1.807, 2.05) is 25.1 Å². The maximum Gasteiger partial charge on any atom is 0.251 e. The van der Waals surface area contributed by atoms with Crippen LogP contribution in [0.5, 0.6) is 5.75 Å². The van der Waals surface area contributed by atoms with E-state index in [4.69, 9.17) is 10.5 Å². The summed E-state index contributed by atoms with van der Waals surface area (Å²) in [6.45, 7) is 1.30. The minimum atomic E-state index is -0.177. The third kappa shape index (κ3) is 4.99. The monoisotopic (exact) mass is 396 g/mol. The van der Waals surface area contributed by atoms with Crippen LogP contribution >= 0.6 is 0 Å². The molecule has 152 valence electrons. The van der Waals surface area contributed by atoms with Gasteiger partial charge in [0.25, 0.3) is 5.91 Å². The first-order valence-electron chi connectivity index (χ1n) is 9.00. The number of hydrogen-bond donors (Lipinski definition) is 3. The van der Waals surface area contributed by atoms with Crippen molar-refractivity contribution < 1.29 is 9.53 Å². The Kier molecular flexibility index (Phi) is 6.25. The Labute approximate surface area is 168 Å². The van der Waals surface area contributed by atoms with Gasteiger partial charge in [0.2, 0.25) is 11.9 Å². The van der Waals surface area contributed by atoms with Crippen molar-refractivity contribution in [3.8, 4) is 11.6 Å². The molecule has 3 aromatic rings. The van der Waals surface area contributed by atoms with E-state index in [2.05, 4.69) is 25.7 Å². The number of likely N-dealkylation sites (N-methyl/N-ethyl adjacent to an activating group) is 1. The molecule has 0 unspecified atom stereocenters. The van der Waals surface area contributed by atoms with Gasteiger partial charge in [-0.2, -0.15) is 9.67 Å². The molecule has 1 amide bonds. The standard InChI is InChI=1S/C19H24N8O2/c1-26(2)11-10-22-17(28)13-7-8-15(29-3)14(12-13)23-19-24-18(20)27(25-19)16-6-4-5-9-21-16/h4-9,12H,10-11H2,1-3H3,(H,22,28)(H3,20,23,24,25). The zero-order valence-corrected chi connectivity index (χ0v) is 16.6. The van der Waals surface area contributed by atoms with E-state index in [9.17, 15) is 4.79 Å². The van der Waals surface area contributed by atoms with Gasteiger partial charge in [0.1, 0.15) is 5.75 Å². The Morgan fingerprint density at radius 1 is 1.28 bits per heavy atom. The second kappa shape index (κ2) is 9.02. The maximum absolute atomic E-state index is 12.4. The molecular weight excluding hydrogens is 372 g/mol. The Morgan fingerprint density at radius 2 is 2.10 bits per heavy atom. The molecule has 2 heterocycles. The molecule has 0 atom stereocenters. The zero-order valence-electron chi connectivity index (χ0n) is 16.6. The average molecular weight is 396 g/mol. The highest BCUT2D eigenvalue weighted by Gasteiger charge is 2.14.